The van der Waals surface area contributed by atoms with Crippen LogP contribution in [0.1, 0.15) is 48.1 Å². The molecule has 1 saturated heterocycles. The molecule has 1 amide bonds. The molecule has 2 aromatic heterocycles. The molecule has 0 aromatic carbocycles. The van der Waals surface area contributed by atoms with Gasteiger partial charge in [0.15, 0.2) is 0 Å². The predicted octanol–water partition coefficient (Wildman–Crippen LogP) is 1.73. The van der Waals surface area contributed by atoms with Crippen LogP contribution in [0.15, 0.2) is 6.07 Å². The minimum absolute atomic E-state index is 0.0523. The molecule has 0 radical (unpaired) electrons. The Morgan fingerprint density at radius 3 is 2.55 bits per heavy atom. The van der Waals surface area contributed by atoms with Gasteiger partial charge in [-0.05, 0) is 40.2 Å². The lowest BCUT2D eigenvalue weighted by atomic mass is 9.98. The van der Waals surface area contributed by atoms with E-state index in [4.69, 9.17) is 0 Å². The van der Waals surface area contributed by atoms with Gasteiger partial charge in [0.2, 0.25) is 11.9 Å². The van der Waals surface area contributed by atoms with E-state index in [0.717, 1.165) is 73.4 Å². The Kier molecular flexibility index (Phi) is 6.84. The van der Waals surface area contributed by atoms with Gasteiger partial charge < -0.3 is 10.2 Å². The molecule has 1 fully saturated rings. The van der Waals surface area contributed by atoms with Crippen LogP contribution in [0.5, 0.6) is 0 Å². The summed E-state index contributed by atoms with van der Waals surface area (Å²) in [5.74, 6) is 0.697. The van der Waals surface area contributed by atoms with Gasteiger partial charge in [-0.2, -0.15) is 5.10 Å². The fraction of sp³-hybridized carbons (Fsp3) is 0.619. The molecule has 1 aliphatic heterocycles. The highest BCUT2D eigenvalue weighted by Crippen LogP contribution is 2.21. The summed E-state index contributed by atoms with van der Waals surface area (Å²) in [5.41, 5.74) is 4.97. The number of aromatic amines is 1. The van der Waals surface area contributed by atoms with Crippen molar-refractivity contribution in [1.82, 2.24) is 30.4 Å². The number of aromatic nitrogens is 4. The van der Waals surface area contributed by atoms with Gasteiger partial charge >= 0.3 is 0 Å². The van der Waals surface area contributed by atoms with Crippen LogP contribution in [-0.2, 0) is 11.2 Å². The number of piperazine rings is 1. The van der Waals surface area contributed by atoms with Crippen molar-refractivity contribution in [3.8, 4) is 0 Å². The fourth-order valence-corrected chi connectivity index (χ4v) is 3.93. The highest BCUT2D eigenvalue weighted by Gasteiger charge is 2.22. The van der Waals surface area contributed by atoms with Gasteiger partial charge in [0.05, 0.1) is 11.6 Å². The number of anilines is 1. The van der Waals surface area contributed by atoms with Gasteiger partial charge in [-0.25, -0.2) is 9.97 Å². The molecule has 8 nitrogen and oxygen atoms in total. The smallest absolute Gasteiger partial charge is 0.227 e. The van der Waals surface area contributed by atoms with E-state index in [1.54, 1.807) is 0 Å². The van der Waals surface area contributed by atoms with Crippen LogP contribution < -0.4 is 10.2 Å². The molecule has 1 atom stereocenters. The maximum atomic E-state index is 12.5. The van der Waals surface area contributed by atoms with E-state index in [0.29, 0.717) is 6.54 Å². The zero-order chi connectivity index (χ0) is 21.0. The van der Waals surface area contributed by atoms with E-state index in [1.807, 2.05) is 27.7 Å². The van der Waals surface area contributed by atoms with Crippen molar-refractivity contribution >= 4 is 11.9 Å². The first-order valence-electron chi connectivity index (χ1n) is 10.5. The van der Waals surface area contributed by atoms with Crippen LogP contribution in [0.3, 0.4) is 0 Å². The van der Waals surface area contributed by atoms with Crippen molar-refractivity contribution in [3.63, 3.8) is 0 Å². The van der Waals surface area contributed by atoms with Crippen molar-refractivity contribution in [2.24, 2.45) is 0 Å². The quantitative estimate of drug-likeness (QED) is 0.737. The molecule has 8 heteroatoms. The van der Waals surface area contributed by atoms with Gasteiger partial charge in [0.25, 0.3) is 0 Å². The van der Waals surface area contributed by atoms with Crippen molar-refractivity contribution < 1.29 is 4.79 Å². The molecule has 1 unspecified atom stereocenters. The van der Waals surface area contributed by atoms with Gasteiger partial charge in [-0.15, -0.1) is 0 Å². The lowest BCUT2D eigenvalue weighted by molar-refractivity contribution is -0.122. The molecule has 158 valence electrons. The molecular weight excluding hydrogens is 366 g/mol. The average Bonchev–Trinajstić information content (AvgIpc) is 3.05. The van der Waals surface area contributed by atoms with E-state index < -0.39 is 0 Å². The molecule has 3 heterocycles. The Morgan fingerprint density at radius 1 is 1.21 bits per heavy atom. The van der Waals surface area contributed by atoms with Crippen LogP contribution in [0, 0.1) is 20.8 Å². The number of carbonyl (C=O) groups excluding carboxylic acids is 1. The number of H-pyrrole nitrogens is 1. The number of hydrogen-bond donors (Lipinski definition) is 2. The second-order valence-corrected chi connectivity index (χ2v) is 7.84. The second kappa shape index (κ2) is 9.35. The molecule has 0 saturated carbocycles. The topological polar surface area (TPSA) is 90.0 Å². The Bertz CT molecular complexity index is 820. The van der Waals surface area contributed by atoms with E-state index in [2.05, 4.69) is 48.3 Å². The number of rotatable bonds is 7. The number of hydrogen-bond acceptors (Lipinski definition) is 6. The first kappa shape index (κ1) is 21.2. The first-order valence-corrected chi connectivity index (χ1v) is 10.5. The van der Waals surface area contributed by atoms with E-state index >= 15 is 0 Å². The average molecular weight is 400 g/mol. The molecule has 2 aromatic rings. The van der Waals surface area contributed by atoms with Crippen LogP contribution in [0.2, 0.25) is 0 Å². The van der Waals surface area contributed by atoms with Gasteiger partial charge in [0.1, 0.15) is 0 Å². The summed E-state index contributed by atoms with van der Waals surface area (Å²) in [4.78, 5) is 26.4. The Hall–Kier alpha value is -2.48. The highest BCUT2D eigenvalue weighted by atomic mass is 16.1. The number of aryl methyl sites for hydroxylation is 4. The van der Waals surface area contributed by atoms with Crippen LogP contribution >= 0.6 is 0 Å². The van der Waals surface area contributed by atoms with E-state index in [-0.39, 0.29) is 11.8 Å². The minimum atomic E-state index is -0.197. The standard InChI is InChI=1S/C21H33N7O/c1-6-18-13-14(2)23-21(24-18)28-11-9-27(10-12-28)8-7-22-20(29)15(3)19-16(4)25-26-17(19)5/h13,15H,6-12H2,1-5H3,(H,22,29)(H,25,26). The first-order chi connectivity index (χ1) is 13.9. The third-order valence-corrected chi connectivity index (χ3v) is 5.65. The summed E-state index contributed by atoms with van der Waals surface area (Å²) in [6.07, 6.45) is 0.923. The lowest BCUT2D eigenvalue weighted by Crippen LogP contribution is -2.49. The normalized spacial score (nSPS) is 16.1. The Balaban J connectivity index is 1.44. The Labute approximate surface area is 173 Å². The maximum Gasteiger partial charge on any atom is 0.227 e. The molecular formula is C21H33N7O. The summed E-state index contributed by atoms with van der Waals surface area (Å²) < 4.78 is 0. The Morgan fingerprint density at radius 2 is 1.93 bits per heavy atom. The predicted molar refractivity (Wildman–Crippen MR) is 114 cm³/mol. The maximum absolute atomic E-state index is 12.5. The van der Waals surface area contributed by atoms with Gasteiger partial charge in [-0.1, -0.05) is 6.92 Å². The van der Waals surface area contributed by atoms with Crippen molar-refractivity contribution in [3.05, 3.63) is 34.4 Å². The van der Waals surface area contributed by atoms with Crippen LogP contribution in [-0.4, -0.2) is 70.2 Å². The summed E-state index contributed by atoms with van der Waals surface area (Å²) in [6, 6.07) is 2.05. The van der Waals surface area contributed by atoms with Gasteiger partial charge in [-0.3, -0.25) is 14.8 Å². The molecule has 3 rings (SSSR count). The van der Waals surface area contributed by atoms with Crippen molar-refractivity contribution in [2.45, 2.75) is 47.0 Å². The van der Waals surface area contributed by atoms with Crippen LogP contribution in [0.4, 0.5) is 5.95 Å². The highest BCUT2D eigenvalue weighted by molar-refractivity contribution is 5.83. The molecule has 0 spiro atoms. The monoisotopic (exact) mass is 399 g/mol. The zero-order valence-electron chi connectivity index (χ0n) is 18.2. The van der Waals surface area contributed by atoms with E-state index in [1.165, 1.54) is 0 Å². The largest absolute Gasteiger partial charge is 0.354 e. The van der Waals surface area contributed by atoms with Gasteiger partial charge in [0, 0.05) is 61.9 Å². The summed E-state index contributed by atoms with van der Waals surface area (Å²) in [5, 5.41) is 10.2. The van der Waals surface area contributed by atoms with E-state index in [9.17, 15) is 4.79 Å². The lowest BCUT2D eigenvalue weighted by Gasteiger charge is -2.35. The number of nitrogens with zero attached hydrogens (tertiary/aromatic N) is 5. The summed E-state index contributed by atoms with van der Waals surface area (Å²) >= 11 is 0. The summed E-state index contributed by atoms with van der Waals surface area (Å²) in [7, 11) is 0. The SMILES string of the molecule is CCc1cc(C)nc(N2CCN(CCNC(=O)C(C)c3c(C)n[nH]c3C)CC2)n1. The fourth-order valence-electron chi connectivity index (χ4n) is 3.93. The second-order valence-electron chi connectivity index (χ2n) is 7.84. The molecule has 0 aliphatic carbocycles. The molecule has 29 heavy (non-hydrogen) atoms. The third kappa shape index (κ3) is 5.12. The third-order valence-electron chi connectivity index (χ3n) is 5.65. The van der Waals surface area contributed by atoms with Crippen molar-refractivity contribution in [2.75, 3.05) is 44.2 Å². The summed E-state index contributed by atoms with van der Waals surface area (Å²) in [6.45, 7) is 15.2. The molecule has 2 N–H and O–H groups in total. The minimum Gasteiger partial charge on any atom is -0.354 e. The number of amides is 1. The van der Waals surface area contributed by atoms with Crippen molar-refractivity contribution in [1.29, 1.82) is 0 Å². The van der Waals surface area contributed by atoms with Crippen LogP contribution in [0.25, 0.3) is 0 Å². The molecule has 0 bridgehead atoms. The molecule has 1 aliphatic rings. The number of carbonyl (C=O) groups is 1. The number of nitrogens with one attached hydrogen (secondary N) is 2. The zero-order valence-corrected chi connectivity index (χ0v) is 18.2.